The van der Waals surface area contributed by atoms with Crippen molar-refractivity contribution < 1.29 is 0 Å². The minimum atomic E-state index is 0.754. The number of benzene rings is 4. The second-order valence-corrected chi connectivity index (χ2v) is 7.93. The fourth-order valence-corrected chi connectivity index (χ4v) is 3.73. The fraction of sp³-hybridized carbons (Fsp3) is 0.0714. The maximum absolute atomic E-state index is 5.97. The Morgan fingerprint density at radius 1 is 0.567 bits per heavy atom. The summed E-state index contributed by atoms with van der Waals surface area (Å²) in [5, 5.41) is 0.754. The zero-order chi connectivity index (χ0) is 20.9. The van der Waals surface area contributed by atoms with E-state index < -0.39 is 0 Å². The number of nitrogens with zero attached hydrogens (tertiary/aromatic N) is 1. The molecule has 0 amide bonds. The lowest BCUT2D eigenvalue weighted by Gasteiger charge is -2.26. The molecule has 0 unspecified atom stereocenters. The van der Waals surface area contributed by atoms with Gasteiger partial charge in [0, 0.05) is 22.1 Å². The van der Waals surface area contributed by atoms with Crippen molar-refractivity contribution in [2.75, 3.05) is 4.90 Å². The van der Waals surface area contributed by atoms with Crippen molar-refractivity contribution >= 4 is 40.8 Å². The van der Waals surface area contributed by atoms with Crippen LogP contribution in [0.3, 0.4) is 0 Å². The monoisotopic (exact) mass is 409 g/mol. The summed E-state index contributed by atoms with van der Waals surface area (Å²) in [6.45, 7) is 4.29. The van der Waals surface area contributed by atoms with Crippen molar-refractivity contribution in [2.24, 2.45) is 0 Å². The maximum Gasteiger partial charge on any atom is 0.0466 e. The van der Waals surface area contributed by atoms with Gasteiger partial charge in [0.15, 0.2) is 0 Å². The zero-order valence-corrected chi connectivity index (χ0v) is 18.0. The first kappa shape index (κ1) is 20.0. The third kappa shape index (κ3) is 4.82. The van der Waals surface area contributed by atoms with Gasteiger partial charge >= 0.3 is 0 Å². The predicted molar refractivity (Wildman–Crippen MR) is 131 cm³/mol. The molecule has 30 heavy (non-hydrogen) atoms. The molecule has 0 spiro atoms. The maximum atomic E-state index is 5.97. The van der Waals surface area contributed by atoms with Crippen LogP contribution in [0.25, 0.3) is 12.2 Å². The highest BCUT2D eigenvalue weighted by Crippen LogP contribution is 2.35. The number of halogens is 1. The molecule has 0 aliphatic heterocycles. The van der Waals surface area contributed by atoms with Gasteiger partial charge in [-0.25, -0.2) is 0 Å². The number of para-hydroxylation sites is 1. The SMILES string of the molecule is Cc1cc(C)cc(N(c2ccccc2)c2ccc(C=Cc3ccc(Cl)cc3)cc2)c1. The Bertz CT molecular complexity index is 1120. The largest absolute Gasteiger partial charge is 0.310 e. The molecule has 0 aromatic heterocycles. The molecular formula is C28H24ClN. The van der Waals surface area contributed by atoms with Gasteiger partial charge in [-0.2, -0.15) is 0 Å². The van der Waals surface area contributed by atoms with E-state index in [2.05, 4.69) is 97.6 Å². The molecule has 0 heterocycles. The van der Waals surface area contributed by atoms with Crippen molar-refractivity contribution in [1.29, 1.82) is 0 Å². The van der Waals surface area contributed by atoms with E-state index in [1.807, 2.05) is 30.3 Å². The zero-order valence-electron chi connectivity index (χ0n) is 17.2. The topological polar surface area (TPSA) is 3.24 Å². The van der Waals surface area contributed by atoms with Crippen LogP contribution in [0.2, 0.25) is 5.02 Å². The molecule has 0 atom stereocenters. The fourth-order valence-electron chi connectivity index (χ4n) is 3.60. The summed E-state index contributed by atoms with van der Waals surface area (Å²) >= 11 is 5.97. The Hall–Kier alpha value is -3.29. The number of anilines is 3. The van der Waals surface area contributed by atoms with Crippen molar-refractivity contribution in [3.05, 3.63) is 124 Å². The van der Waals surface area contributed by atoms with Crippen LogP contribution in [0.4, 0.5) is 17.1 Å². The van der Waals surface area contributed by atoms with E-state index >= 15 is 0 Å². The standard InChI is InChI=1S/C28H24ClN/c1-21-18-22(2)20-28(19-21)30(26-6-4-3-5-7-26)27-16-12-24(13-17-27)9-8-23-10-14-25(29)15-11-23/h3-20H,1-2H3. The van der Waals surface area contributed by atoms with Crippen LogP contribution in [0.1, 0.15) is 22.3 Å². The van der Waals surface area contributed by atoms with Crippen LogP contribution in [0.15, 0.2) is 97.1 Å². The molecule has 2 heteroatoms. The summed E-state index contributed by atoms with van der Waals surface area (Å²) in [5.41, 5.74) is 8.25. The molecule has 0 aliphatic carbocycles. The van der Waals surface area contributed by atoms with E-state index in [0.717, 1.165) is 27.5 Å². The van der Waals surface area contributed by atoms with Gasteiger partial charge in [0.05, 0.1) is 0 Å². The van der Waals surface area contributed by atoms with E-state index in [0.29, 0.717) is 0 Å². The van der Waals surface area contributed by atoms with Gasteiger partial charge in [0.1, 0.15) is 0 Å². The minimum Gasteiger partial charge on any atom is -0.310 e. The highest BCUT2D eigenvalue weighted by molar-refractivity contribution is 6.30. The molecule has 0 N–H and O–H groups in total. The van der Waals surface area contributed by atoms with Crippen LogP contribution < -0.4 is 4.90 Å². The number of hydrogen-bond donors (Lipinski definition) is 0. The molecule has 0 saturated heterocycles. The van der Waals surface area contributed by atoms with Gasteiger partial charge in [-0.1, -0.05) is 72.3 Å². The van der Waals surface area contributed by atoms with Crippen molar-refractivity contribution in [2.45, 2.75) is 13.8 Å². The van der Waals surface area contributed by atoms with E-state index in [4.69, 9.17) is 11.6 Å². The molecule has 148 valence electrons. The van der Waals surface area contributed by atoms with Crippen molar-refractivity contribution in [3.8, 4) is 0 Å². The average Bonchev–Trinajstić information content (AvgIpc) is 2.75. The van der Waals surface area contributed by atoms with E-state index in [1.54, 1.807) is 0 Å². The van der Waals surface area contributed by atoms with E-state index in [-0.39, 0.29) is 0 Å². The highest BCUT2D eigenvalue weighted by Gasteiger charge is 2.12. The van der Waals surface area contributed by atoms with Crippen LogP contribution in [-0.4, -0.2) is 0 Å². The Kier molecular flexibility index (Phi) is 6.02. The van der Waals surface area contributed by atoms with Gasteiger partial charge in [-0.3, -0.25) is 0 Å². The molecule has 1 nitrogen and oxygen atoms in total. The Labute approximate surface area is 183 Å². The van der Waals surface area contributed by atoms with Crippen LogP contribution >= 0.6 is 11.6 Å². The lowest BCUT2D eigenvalue weighted by molar-refractivity contribution is 1.25. The van der Waals surface area contributed by atoms with Crippen molar-refractivity contribution in [3.63, 3.8) is 0 Å². The van der Waals surface area contributed by atoms with Crippen LogP contribution in [-0.2, 0) is 0 Å². The molecule has 4 aromatic carbocycles. The summed E-state index contributed by atoms with van der Waals surface area (Å²) in [6.07, 6.45) is 4.22. The summed E-state index contributed by atoms with van der Waals surface area (Å²) in [6, 6.07) is 33.7. The van der Waals surface area contributed by atoms with E-state index in [9.17, 15) is 0 Å². The quantitative estimate of drug-likeness (QED) is 0.298. The Balaban J connectivity index is 1.67. The summed E-state index contributed by atoms with van der Waals surface area (Å²) in [5.74, 6) is 0. The van der Waals surface area contributed by atoms with Gasteiger partial charge in [-0.15, -0.1) is 0 Å². The molecule has 0 radical (unpaired) electrons. The first-order valence-corrected chi connectivity index (χ1v) is 10.4. The first-order chi connectivity index (χ1) is 14.6. The summed E-state index contributed by atoms with van der Waals surface area (Å²) in [7, 11) is 0. The van der Waals surface area contributed by atoms with E-state index in [1.165, 1.54) is 16.8 Å². The lowest BCUT2D eigenvalue weighted by atomic mass is 10.1. The second-order valence-electron chi connectivity index (χ2n) is 7.49. The van der Waals surface area contributed by atoms with Crippen LogP contribution in [0.5, 0.6) is 0 Å². The normalized spacial score (nSPS) is 11.0. The van der Waals surface area contributed by atoms with Crippen LogP contribution in [0, 0.1) is 13.8 Å². The third-order valence-corrected chi connectivity index (χ3v) is 5.22. The molecule has 4 rings (SSSR count). The third-order valence-electron chi connectivity index (χ3n) is 4.97. The predicted octanol–water partition coefficient (Wildman–Crippen LogP) is 8.60. The molecule has 0 fully saturated rings. The minimum absolute atomic E-state index is 0.754. The average molecular weight is 410 g/mol. The first-order valence-electron chi connectivity index (χ1n) is 10.1. The van der Waals surface area contributed by atoms with Gasteiger partial charge in [0.2, 0.25) is 0 Å². The Morgan fingerprint density at radius 2 is 1.07 bits per heavy atom. The summed E-state index contributed by atoms with van der Waals surface area (Å²) in [4.78, 5) is 2.30. The number of hydrogen-bond acceptors (Lipinski definition) is 1. The summed E-state index contributed by atoms with van der Waals surface area (Å²) < 4.78 is 0. The number of rotatable bonds is 5. The lowest BCUT2D eigenvalue weighted by Crippen LogP contribution is -2.10. The van der Waals surface area contributed by atoms with Gasteiger partial charge in [-0.05, 0) is 84.6 Å². The van der Waals surface area contributed by atoms with Crippen molar-refractivity contribution in [1.82, 2.24) is 0 Å². The van der Waals surface area contributed by atoms with Gasteiger partial charge < -0.3 is 4.90 Å². The molecule has 0 saturated carbocycles. The smallest absolute Gasteiger partial charge is 0.0466 e. The molecule has 0 bridgehead atoms. The molecule has 0 aliphatic rings. The number of aryl methyl sites for hydroxylation is 2. The second kappa shape index (κ2) is 9.02. The Morgan fingerprint density at radius 3 is 1.63 bits per heavy atom. The van der Waals surface area contributed by atoms with Gasteiger partial charge in [0.25, 0.3) is 0 Å². The molecule has 4 aromatic rings. The highest BCUT2D eigenvalue weighted by atomic mass is 35.5. The molecular weight excluding hydrogens is 386 g/mol.